The van der Waals surface area contributed by atoms with Crippen molar-refractivity contribution in [1.29, 1.82) is 5.26 Å². The molecule has 0 saturated heterocycles. The lowest BCUT2D eigenvalue weighted by Gasteiger charge is -2.52. The largest absolute Gasteiger partial charge is 0.494 e. The molecule has 0 spiro atoms. The number of benzene rings is 3. The molecule has 0 saturated carbocycles. The highest BCUT2D eigenvalue weighted by Crippen LogP contribution is 2.62. The van der Waals surface area contributed by atoms with Crippen molar-refractivity contribution in [2.45, 2.75) is 43.6 Å². The van der Waals surface area contributed by atoms with Crippen LogP contribution in [0.2, 0.25) is 0 Å². The Hall–Kier alpha value is -4.93. The summed E-state index contributed by atoms with van der Waals surface area (Å²) >= 11 is 0. The molecule has 45 heavy (non-hydrogen) atoms. The Bertz CT molecular complexity index is 1660. The van der Waals surface area contributed by atoms with Gasteiger partial charge in [-0.05, 0) is 60.9 Å². The fourth-order valence-electron chi connectivity index (χ4n) is 5.15. The van der Waals surface area contributed by atoms with E-state index >= 15 is 22.0 Å². The molecule has 1 aliphatic heterocycles. The SMILES string of the molecule is Cc1ccc(C2=C(C(N)=O)C(=O)N(c3ccc(C#N)cc3)C(c3ccc(OCCCC(F)(F)F)cc3)(C(F)(F)F)C2(F)F)cc1. The lowest BCUT2D eigenvalue weighted by Crippen LogP contribution is -2.71. The van der Waals surface area contributed by atoms with Gasteiger partial charge in [0, 0.05) is 17.7 Å². The van der Waals surface area contributed by atoms with Gasteiger partial charge in [-0.15, -0.1) is 0 Å². The first-order valence-corrected chi connectivity index (χ1v) is 13.2. The second-order valence-corrected chi connectivity index (χ2v) is 10.2. The van der Waals surface area contributed by atoms with E-state index in [0.29, 0.717) is 17.7 Å². The van der Waals surface area contributed by atoms with Crippen LogP contribution in [0, 0.1) is 18.3 Å². The summed E-state index contributed by atoms with van der Waals surface area (Å²) in [6.45, 7) is 1.11. The molecule has 0 radical (unpaired) electrons. The Morgan fingerprint density at radius 1 is 0.933 bits per heavy atom. The predicted molar refractivity (Wildman–Crippen MR) is 146 cm³/mol. The van der Waals surface area contributed by atoms with Crippen molar-refractivity contribution < 1.29 is 49.4 Å². The van der Waals surface area contributed by atoms with Crippen LogP contribution in [0.15, 0.2) is 78.4 Å². The van der Waals surface area contributed by atoms with Crippen molar-refractivity contribution in [3.05, 3.63) is 101 Å². The molecule has 3 aromatic rings. The van der Waals surface area contributed by atoms with E-state index in [4.69, 9.17) is 15.7 Å². The number of hydrogen-bond acceptors (Lipinski definition) is 4. The van der Waals surface area contributed by atoms with E-state index in [-0.39, 0.29) is 16.2 Å². The number of carbonyl (C=O) groups is 2. The average molecular weight is 638 g/mol. The number of anilines is 1. The van der Waals surface area contributed by atoms with E-state index in [1.807, 2.05) is 0 Å². The summed E-state index contributed by atoms with van der Waals surface area (Å²) in [5.41, 5.74) is -4.03. The van der Waals surface area contributed by atoms with Gasteiger partial charge in [0.2, 0.25) is 5.54 Å². The maximum atomic E-state index is 17.1. The van der Waals surface area contributed by atoms with Gasteiger partial charge in [-0.1, -0.05) is 42.0 Å². The molecular weight excluding hydrogens is 614 g/mol. The maximum Gasteiger partial charge on any atom is 0.422 e. The van der Waals surface area contributed by atoms with Crippen molar-refractivity contribution in [3.8, 4) is 11.8 Å². The van der Waals surface area contributed by atoms with Gasteiger partial charge in [0.25, 0.3) is 11.8 Å². The first kappa shape index (κ1) is 33.0. The van der Waals surface area contributed by atoms with Gasteiger partial charge >= 0.3 is 18.3 Å². The highest BCUT2D eigenvalue weighted by Gasteiger charge is 2.78. The summed E-state index contributed by atoms with van der Waals surface area (Å²) in [6.07, 6.45) is -12.1. The summed E-state index contributed by atoms with van der Waals surface area (Å²) in [4.78, 5) is 26.3. The number of aryl methyl sites for hydroxylation is 1. The Kier molecular flexibility index (Phi) is 8.70. The van der Waals surface area contributed by atoms with E-state index in [1.54, 1.807) is 13.0 Å². The topological polar surface area (TPSA) is 96.4 Å². The molecule has 1 atom stereocenters. The number of alkyl halides is 8. The number of halogens is 8. The molecule has 236 valence electrons. The molecule has 1 heterocycles. The lowest BCUT2D eigenvalue weighted by atomic mass is 9.71. The number of nitrogens with zero attached hydrogens (tertiary/aromatic N) is 2. The third-order valence-electron chi connectivity index (χ3n) is 7.17. The van der Waals surface area contributed by atoms with Gasteiger partial charge in [-0.25, -0.2) is 0 Å². The smallest absolute Gasteiger partial charge is 0.422 e. The number of amides is 2. The third-order valence-corrected chi connectivity index (χ3v) is 7.17. The molecule has 1 aliphatic rings. The van der Waals surface area contributed by atoms with Gasteiger partial charge < -0.3 is 10.5 Å². The Balaban J connectivity index is 2.01. The molecule has 4 rings (SSSR count). The van der Waals surface area contributed by atoms with E-state index in [1.165, 1.54) is 12.1 Å². The number of carbonyl (C=O) groups excluding carboxylic acids is 2. The van der Waals surface area contributed by atoms with Gasteiger partial charge in [0.1, 0.15) is 11.3 Å². The third kappa shape index (κ3) is 5.94. The normalized spacial score (nSPS) is 18.5. The minimum Gasteiger partial charge on any atom is -0.494 e. The van der Waals surface area contributed by atoms with Crippen molar-refractivity contribution in [1.82, 2.24) is 0 Å². The van der Waals surface area contributed by atoms with E-state index in [2.05, 4.69) is 0 Å². The zero-order valence-corrected chi connectivity index (χ0v) is 23.3. The van der Waals surface area contributed by atoms with Crippen LogP contribution in [-0.2, 0) is 15.1 Å². The van der Waals surface area contributed by atoms with Crippen LogP contribution in [-0.4, -0.2) is 36.7 Å². The summed E-state index contributed by atoms with van der Waals surface area (Å²) in [5, 5.41) is 9.16. The predicted octanol–water partition coefficient (Wildman–Crippen LogP) is 6.97. The van der Waals surface area contributed by atoms with E-state index in [0.717, 1.165) is 48.5 Å². The number of ether oxygens (including phenoxy) is 1. The second kappa shape index (κ2) is 11.9. The van der Waals surface area contributed by atoms with Crippen LogP contribution < -0.4 is 15.4 Å². The molecule has 2 amide bonds. The molecule has 1 unspecified atom stereocenters. The van der Waals surface area contributed by atoms with Crippen molar-refractivity contribution in [2.75, 3.05) is 11.5 Å². The number of hydrogen-bond donors (Lipinski definition) is 1. The van der Waals surface area contributed by atoms with E-state index in [9.17, 15) is 22.8 Å². The Labute approximate surface area is 251 Å². The van der Waals surface area contributed by atoms with Gasteiger partial charge in [-0.2, -0.15) is 40.4 Å². The zero-order chi connectivity index (χ0) is 33.4. The van der Waals surface area contributed by atoms with Crippen LogP contribution in [0.1, 0.15) is 35.1 Å². The van der Waals surface area contributed by atoms with Gasteiger partial charge in [0.05, 0.1) is 18.2 Å². The van der Waals surface area contributed by atoms with Gasteiger partial charge in [0.15, 0.2) is 0 Å². The van der Waals surface area contributed by atoms with Crippen LogP contribution in [0.25, 0.3) is 5.57 Å². The molecule has 0 aliphatic carbocycles. The zero-order valence-electron chi connectivity index (χ0n) is 23.3. The lowest BCUT2D eigenvalue weighted by molar-refractivity contribution is -0.245. The minimum atomic E-state index is -5.95. The van der Waals surface area contributed by atoms with Crippen LogP contribution >= 0.6 is 0 Å². The highest BCUT2D eigenvalue weighted by atomic mass is 19.4. The molecule has 6 nitrogen and oxygen atoms in total. The first-order chi connectivity index (χ1) is 21.0. The summed E-state index contributed by atoms with van der Waals surface area (Å²) < 4.78 is 123. The molecular formula is C31H23F8N3O3. The molecule has 14 heteroatoms. The monoisotopic (exact) mass is 637 g/mol. The molecule has 2 N–H and O–H groups in total. The maximum absolute atomic E-state index is 17.1. The minimum absolute atomic E-state index is 0.0642. The second-order valence-electron chi connectivity index (χ2n) is 10.2. The quantitative estimate of drug-likeness (QED) is 0.164. The van der Waals surface area contributed by atoms with Crippen LogP contribution in [0.3, 0.4) is 0 Å². The summed E-state index contributed by atoms with van der Waals surface area (Å²) in [5.74, 6) is -8.80. The van der Waals surface area contributed by atoms with Crippen molar-refractivity contribution in [3.63, 3.8) is 0 Å². The fourth-order valence-corrected chi connectivity index (χ4v) is 5.15. The number of rotatable bonds is 8. The molecule has 0 aromatic heterocycles. The van der Waals surface area contributed by atoms with Crippen molar-refractivity contribution >= 4 is 23.1 Å². The van der Waals surface area contributed by atoms with E-state index < -0.39 is 83.0 Å². The Morgan fingerprint density at radius 2 is 1.51 bits per heavy atom. The number of nitriles is 1. The average Bonchev–Trinajstić information content (AvgIpc) is 2.95. The van der Waals surface area contributed by atoms with Gasteiger partial charge in [-0.3, -0.25) is 14.5 Å². The van der Waals surface area contributed by atoms with Crippen LogP contribution in [0.4, 0.5) is 40.8 Å². The Morgan fingerprint density at radius 3 is 2.00 bits per heavy atom. The highest BCUT2D eigenvalue weighted by molar-refractivity contribution is 6.30. The van der Waals surface area contributed by atoms with Crippen LogP contribution in [0.5, 0.6) is 5.75 Å². The summed E-state index contributed by atoms with van der Waals surface area (Å²) in [7, 11) is 0. The fraction of sp³-hybridized carbons (Fsp3) is 0.258. The van der Waals surface area contributed by atoms with Crippen molar-refractivity contribution in [2.24, 2.45) is 5.73 Å². The molecule has 0 fully saturated rings. The first-order valence-electron chi connectivity index (χ1n) is 13.2. The number of nitrogens with two attached hydrogens (primary N) is 1. The molecule has 3 aromatic carbocycles. The summed E-state index contributed by atoms with van der Waals surface area (Å²) in [6, 6.07) is 13.0. The molecule has 0 bridgehead atoms. The standard InChI is InChI=1S/C31H23F8N3O3/c1-18-3-7-20(8-4-18)25-24(26(41)43)27(44)42(22-11-5-19(17-40)6-12-22)29(30(25,35)36,31(37,38)39)21-9-13-23(14-10-21)45-16-2-15-28(32,33)34/h3-14H,2,15-16H2,1H3,(H2,41,43). The number of primary amides is 1.